The maximum absolute atomic E-state index is 5.61. The molecule has 4 heteroatoms. The fourth-order valence-electron chi connectivity index (χ4n) is 1.26. The van der Waals surface area contributed by atoms with Gasteiger partial charge in [-0.2, -0.15) is 0 Å². The molecule has 2 aromatic rings. The molecule has 0 amide bonds. The molecule has 18 heavy (non-hydrogen) atoms. The van der Waals surface area contributed by atoms with E-state index in [9.17, 15) is 0 Å². The van der Waals surface area contributed by atoms with E-state index < -0.39 is 8.60 Å². The van der Waals surface area contributed by atoms with Gasteiger partial charge in [0.15, 0.2) is 0 Å². The molecule has 0 saturated carbocycles. The fraction of sp³-hybridized carbons (Fsp3) is 0. The molecule has 2 rings (SSSR count). The van der Waals surface area contributed by atoms with E-state index in [0.29, 0.717) is 11.5 Å². The largest absolute Gasteiger partial charge is 0.529 e. The lowest BCUT2D eigenvalue weighted by Crippen LogP contribution is -1.96. The summed E-state index contributed by atoms with van der Waals surface area (Å²) in [6, 6.07) is 18.8. The monoisotopic (exact) mass is 260 g/mol. The standard InChI is InChI=1S/C14H13O3P/c1-2-15-18(16-13-9-5-3-6-10-13)17-14-11-7-4-8-12-14/h2-12H,1H2. The molecule has 0 aromatic heterocycles. The highest BCUT2D eigenvalue weighted by molar-refractivity contribution is 7.42. The zero-order valence-corrected chi connectivity index (χ0v) is 10.6. The highest BCUT2D eigenvalue weighted by atomic mass is 31.2. The number of rotatable bonds is 6. The van der Waals surface area contributed by atoms with Crippen LogP contribution in [0, 0.1) is 0 Å². The van der Waals surface area contributed by atoms with Gasteiger partial charge in [-0.25, -0.2) is 0 Å². The van der Waals surface area contributed by atoms with Crippen molar-refractivity contribution in [1.29, 1.82) is 0 Å². The van der Waals surface area contributed by atoms with Gasteiger partial charge in [0.05, 0.1) is 6.26 Å². The summed E-state index contributed by atoms with van der Waals surface area (Å²) >= 11 is 0. The van der Waals surface area contributed by atoms with Crippen LogP contribution in [0.25, 0.3) is 0 Å². The highest BCUT2D eigenvalue weighted by Crippen LogP contribution is 2.41. The van der Waals surface area contributed by atoms with Gasteiger partial charge < -0.3 is 13.6 Å². The molecule has 0 saturated heterocycles. The van der Waals surface area contributed by atoms with Gasteiger partial charge in [-0.1, -0.05) is 43.0 Å². The minimum atomic E-state index is -1.53. The van der Waals surface area contributed by atoms with Crippen molar-refractivity contribution in [2.75, 3.05) is 0 Å². The first kappa shape index (κ1) is 12.5. The first-order valence-corrected chi connectivity index (χ1v) is 6.52. The van der Waals surface area contributed by atoms with Crippen molar-refractivity contribution in [3.63, 3.8) is 0 Å². The summed E-state index contributed by atoms with van der Waals surface area (Å²) in [5.41, 5.74) is 0. The minimum absolute atomic E-state index is 0.696. The maximum Gasteiger partial charge on any atom is 0.529 e. The number of hydrogen-bond donors (Lipinski definition) is 0. The molecular weight excluding hydrogens is 247 g/mol. The van der Waals surface area contributed by atoms with Gasteiger partial charge in [0.25, 0.3) is 0 Å². The predicted molar refractivity (Wildman–Crippen MR) is 72.3 cm³/mol. The van der Waals surface area contributed by atoms with E-state index in [0.717, 1.165) is 0 Å². The lowest BCUT2D eigenvalue weighted by Gasteiger charge is -2.15. The van der Waals surface area contributed by atoms with Crippen molar-refractivity contribution in [2.45, 2.75) is 0 Å². The number of para-hydroxylation sites is 2. The van der Waals surface area contributed by atoms with Crippen LogP contribution < -0.4 is 9.05 Å². The molecule has 0 fully saturated rings. The van der Waals surface area contributed by atoms with Crippen LogP contribution in [0.5, 0.6) is 11.5 Å². The maximum atomic E-state index is 5.61. The molecule has 0 aliphatic rings. The number of benzene rings is 2. The molecule has 0 atom stereocenters. The van der Waals surface area contributed by atoms with E-state index in [4.69, 9.17) is 13.6 Å². The first-order chi connectivity index (χ1) is 8.88. The van der Waals surface area contributed by atoms with Gasteiger partial charge in [-0.15, -0.1) is 0 Å². The van der Waals surface area contributed by atoms with Gasteiger partial charge in [0.2, 0.25) is 0 Å². The van der Waals surface area contributed by atoms with Crippen molar-refractivity contribution in [3.8, 4) is 11.5 Å². The van der Waals surface area contributed by atoms with Crippen LogP contribution in [0.1, 0.15) is 0 Å². The molecular formula is C14H13O3P. The third-order valence-electron chi connectivity index (χ3n) is 2.01. The Morgan fingerprint density at radius 3 is 1.61 bits per heavy atom. The minimum Gasteiger partial charge on any atom is -0.417 e. The van der Waals surface area contributed by atoms with Crippen molar-refractivity contribution >= 4 is 8.60 Å². The molecule has 0 spiro atoms. The molecule has 0 aliphatic carbocycles. The quantitative estimate of drug-likeness (QED) is 0.564. The Labute approximate surface area is 108 Å². The molecule has 0 aliphatic heterocycles. The van der Waals surface area contributed by atoms with Crippen LogP contribution in [0.15, 0.2) is 73.5 Å². The van der Waals surface area contributed by atoms with E-state index in [-0.39, 0.29) is 0 Å². The Morgan fingerprint density at radius 1 is 0.778 bits per heavy atom. The van der Waals surface area contributed by atoms with Gasteiger partial charge in [-0.3, -0.25) is 0 Å². The van der Waals surface area contributed by atoms with Crippen LogP contribution >= 0.6 is 8.60 Å². The summed E-state index contributed by atoms with van der Waals surface area (Å²) in [6.45, 7) is 3.52. The zero-order chi connectivity index (χ0) is 12.6. The van der Waals surface area contributed by atoms with Crippen LogP contribution in [-0.2, 0) is 4.52 Å². The van der Waals surface area contributed by atoms with Gasteiger partial charge >= 0.3 is 8.60 Å². The average Bonchev–Trinajstić information content (AvgIpc) is 2.41. The van der Waals surface area contributed by atoms with Crippen molar-refractivity contribution < 1.29 is 13.6 Å². The van der Waals surface area contributed by atoms with Crippen LogP contribution in [0.3, 0.4) is 0 Å². The molecule has 0 radical (unpaired) electrons. The molecule has 92 valence electrons. The summed E-state index contributed by atoms with van der Waals surface area (Å²) in [6.07, 6.45) is 1.32. The summed E-state index contributed by atoms with van der Waals surface area (Å²) in [7, 11) is -1.53. The fourth-order valence-corrected chi connectivity index (χ4v) is 2.09. The Bertz CT molecular complexity index is 431. The second-order valence-electron chi connectivity index (χ2n) is 3.30. The number of hydrogen-bond acceptors (Lipinski definition) is 3. The van der Waals surface area contributed by atoms with Crippen LogP contribution in [-0.4, -0.2) is 0 Å². The van der Waals surface area contributed by atoms with Crippen molar-refractivity contribution in [2.24, 2.45) is 0 Å². The molecule has 2 aromatic carbocycles. The molecule has 0 bridgehead atoms. The summed E-state index contributed by atoms with van der Waals surface area (Å²) < 4.78 is 16.4. The summed E-state index contributed by atoms with van der Waals surface area (Å²) in [5.74, 6) is 1.39. The van der Waals surface area contributed by atoms with Crippen molar-refractivity contribution in [3.05, 3.63) is 73.5 Å². The first-order valence-electron chi connectivity index (χ1n) is 5.42. The van der Waals surface area contributed by atoms with Gasteiger partial charge in [0.1, 0.15) is 11.5 Å². The molecule has 0 unspecified atom stereocenters. The zero-order valence-electron chi connectivity index (χ0n) is 9.73. The van der Waals surface area contributed by atoms with E-state index in [1.54, 1.807) is 0 Å². The summed E-state index contributed by atoms with van der Waals surface area (Å²) in [4.78, 5) is 0. The molecule has 0 N–H and O–H groups in total. The lowest BCUT2D eigenvalue weighted by molar-refractivity contribution is 0.357. The smallest absolute Gasteiger partial charge is 0.417 e. The summed E-state index contributed by atoms with van der Waals surface area (Å²) in [5, 5.41) is 0. The second kappa shape index (κ2) is 6.67. The highest BCUT2D eigenvalue weighted by Gasteiger charge is 2.16. The Morgan fingerprint density at radius 2 is 1.22 bits per heavy atom. The van der Waals surface area contributed by atoms with Crippen LogP contribution in [0.4, 0.5) is 0 Å². The average molecular weight is 260 g/mol. The third-order valence-corrected chi connectivity index (χ3v) is 3.05. The van der Waals surface area contributed by atoms with E-state index in [1.807, 2.05) is 60.7 Å². The van der Waals surface area contributed by atoms with Gasteiger partial charge in [0, 0.05) is 0 Å². The normalized spacial score (nSPS) is 9.83. The Hall–Kier alpha value is -1.99. The topological polar surface area (TPSA) is 27.7 Å². The Balaban J connectivity index is 2.02. The van der Waals surface area contributed by atoms with E-state index >= 15 is 0 Å². The predicted octanol–water partition coefficient (Wildman–Crippen LogP) is 4.53. The third kappa shape index (κ3) is 3.79. The lowest BCUT2D eigenvalue weighted by atomic mass is 10.3. The van der Waals surface area contributed by atoms with Gasteiger partial charge in [-0.05, 0) is 24.3 Å². The molecule has 0 heterocycles. The second-order valence-corrected chi connectivity index (χ2v) is 4.33. The van der Waals surface area contributed by atoms with E-state index in [1.165, 1.54) is 6.26 Å². The van der Waals surface area contributed by atoms with E-state index in [2.05, 4.69) is 6.58 Å². The molecule has 3 nitrogen and oxygen atoms in total. The van der Waals surface area contributed by atoms with Crippen LogP contribution in [0.2, 0.25) is 0 Å². The Kier molecular flexibility index (Phi) is 4.62. The van der Waals surface area contributed by atoms with Crippen molar-refractivity contribution in [1.82, 2.24) is 0 Å². The SMILES string of the molecule is C=COP(Oc1ccccc1)Oc1ccccc1.